The van der Waals surface area contributed by atoms with E-state index in [1.807, 2.05) is 0 Å². The van der Waals surface area contributed by atoms with E-state index in [1.165, 1.54) is 23.1 Å². The Hall–Kier alpha value is -1.98. The molecule has 0 spiro atoms. The van der Waals surface area contributed by atoms with Crippen molar-refractivity contribution < 1.29 is 23.5 Å². The lowest BCUT2D eigenvalue weighted by Gasteiger charge is -2.33. The maximum absolute atomic E-state index is 13.8. The summed E-state index contributed by atoms with van der Waals surface area (Å²) in [5.74, 6) is -3.58. The average Bonchev–Trinajstić information content (AvgIpc) is 3.26. The largest absolute Gasteiger partial charge is 0.480 e. The normalized spacial score (nSPS) is 27.5. The summed E-state index contributed by atoms with van der Waals surface area (Å²) in [6, 6.07) is 2.84. The van der Waals surface area contributed by atoms with Gasteiger partial charge in [-0.2, -0.15) is 0 Å². The van der Waals surface area contributed by atoms with Crippen LogP contribution >= 0.6 is 0 Å². The van der Waals surface area contributed by atoms with Gasteiger partial charge in [0.1, 0.15) is 17.7 Å². The van der Waals surface area contributed by atoms with E-state index in [1.54, 1.807) is 0 Å². The number of carboxylic acid groups (broad SMARTS) is 1. The summed E-state index contributed by atoms with van der Waals surface area (Å²) in [7, 11) is 0. The zero-order valence-corrected chi connectivity index (χ0v) is 12.0. The Kier molecular flexibility index (Phi) is 3.85. The van der Waals surface area contributed by atoms with Crippen molar-refractivity contribution in [2.75, 3.05) is 6.54 Å². The van der Waals surface area contributed by atoms with Crippen LogP contribution in [0.3, 0.4) is 0 Å². The lowest BCUT2D eigenvalue weighted by Crippen LogP contribution is -2.48. The second kappa shape index (κ2) is 5.66. The predicted octanol–water partition coefficient (Wildman–Crippen LogP) is 2.53. The van der Waals surface area contributed by atoms with E-state index in [-0.39, 0.29) is 11.5 Å². The minimum Gasteiger partial charge on any atom is -0.480 e. The molecular weight excluding hydrogens is 292 g/mol. The van der Waals surface area contributed by atoms with E-state index in [2.05, 4.69) is 0 Å². The van der Waals surface area contributed by atoms with Gasteiger partial charge in [-0.05, 0) is 37.8 Å². The molecule has 0 radical (unpaired) electrons. The van der Waals surface area contributed by atoms with Crippen LogP contribution in [0.1, 0.15) is 37.2 Å². The van der Waals surface area contributed by atoms with Crippen molar-refractivity contribution in [2.24, 2.45) is 5.92 Å². The van der Waals surface area contributed by atoms with Gasteiger partial charge >= 0.3 is 5.97 Å². The highest BCUT2D eigenvalue weighted by Crippen LogP contribution is 2.50. The second-order valence-electron chi connectivity index (χ2n) is 5.97. The standard InChI is InChI=1S/C16H17F2NO3/c17-11-4-3-5-12(18)14(11)9-8-10(9)15(20)19-7-2-1-6-13(19)16(21)22/h3-5,9-10,13H,1-2,6-8H2,(H,21,22)/t9?,10?,13-/m1/s1. The van der Waals surface area contributed by atoms with Crippen molar-refractivity contribution in [1.82, 2.24) is 4.90 Å². The van der Waals surface area contributed by atoms with Gasteiger partial charge in [-0.25, -0.2) is 13.6 Å². The van der Waals surface area contributed by atoms with E-state index >= 15 is 0 Å². The molecule has 2 fully saturated rings. The lowest BCUT2D eigenvalue weighted by atomic mass is 10.0. The number of aliphatic carboxylic acids is 1. The molecule has 3 atom stereocenters. The SMILES string of the molecule is O=C(O)[C@H]1CCCCN1C(=O)C1CC1c1c(F)cccc1F. The minimum absolute atomic E-state index is 0.0512. The Morgan fingerprint density at radius 2 is 1.86 bits per heavy atom. The fourth-order valence-corrected chi connectivity index (χ4v) is 3.32. The van der Waals surface area contributed by atoms with Gasteiger partial charge in [0.05, 0.1) is 0 Å². The summed E-state index contributed by atoms with van der Waals surface area (Å²) in [5.41, 5.74) is -0.0512. The number of hydrogen-bond acceptors (Lipinski definition) is 2. The van der Waals surface area contributed by atoms with Crippen LogP contribution in [0.15, 0.2) is 18.2 Å². The molecule has 1 amide bonds. The van der Waals surface area contributed by atoms with Crippen LogP contribution in [0.25, 0.3) is 0 Å². The van der Waals surface area contributed by atoms with E-state index in [4.69, 9.17) is 0 Å². The molecule has 6 heteroatoms. The smallest absolute Gasteiger partial charge is 0.326 e. The first kappa shape index (κ1) is 14.9. The van der Waals surface area contributed by atoms with Gasteiger partial charge in [0.15, 0.2) is 0 Å². The van der Waals surface area contributed by atoms with Crippen molar-refractivity contribution in [1.29, 1.82) is 0 Å². The number of likely N-dealkylation sites (tertiary alicyclic amines) is 1. The van der Waals surface area contributed by atoms with Crippen molar-refractivity contribution >= 4 is 11.9 Å². The van der Waals surface area contributed by atoms with Gasteiger partial charge in [0.25, 0.3) is 0 Å². The van der Waals surface area contributed by atoms with Gasteiger partial charge < -0.3 is 10.0 Å². The molecule has 1 heterocycles. The van der Waals surface area contributed by atoms with Crippen LogP contribution in [0.5, 0.6) is 0 Å². The van der Waals surface area contributed by atoms with E-state index < -0.39 is 35.5 Å². The predicted molar refractivity (Wildman–Crippen MR) is 74.2 cm³/mol. The minimum atomic E-state index is -1.01. The van der Waals surface area contributed by atoms with Gasteiger partial charge in [0.2, 0.25) is 5.91 Å². The number of benzene rings is 1. The van der Waals surface area contributed by atoms with E-state index in [0.717, 1.165) is 12.8 Å². The highest BCUT2D eigenvalue weighted by molar-refractivity contribution is 5.88. The molecule has 1 N–H and O–H groups in total. The van der Waals surface area contributed by atoms with Gasteiger partial charge in [0, 0.05) is 23.9 Å². The highest BCUT2D eigenvalue weighted by atomic mass is 19.1. The molecule has 4 nitrogen and oxygen atoms in total. The van der Waals surface area contributed by atoms with Crippen molar-refractivity contribution in [3.63, 3.8) is 0 Å². The first-order valence-electron chi connectivity index (χ1n) is 7.48. The number of carbonyl (C=O) groups excluding carboxylic acids is 1. The molecule has 1 aromatic rings. The Labute approximate surface area is 126 Å². The molecule has 1 aromatic carbocycles. The van der Waals surface area contributed by atoms with Crippen molar-refractivity contribution in [3.8, 4) is 0 Å². The topological polar surface area (TPSA) is 57.6 Å². The number of carbonyl (C=O) groups is 2. The molecule has 22 heavy (non-hydrogen) atoms. The summed E-state index contributed by atoms with van der Waals surface area (Å²) in [6.45, 7) is 0.402. The molecular formula is C16H17F2NO3. The third kappa shape index (κ3) is 2.58. The Bertz CT molecular complexity index is 599. The number of carboxylic acids is 1. The monoisotopic (exact) mass is 309 g/mol. The summed E-state index contributed by atoms with van der Waals surface area (Å²) >= 11 is 0. The van der Waals surface area contributed by atoms with Crippen molar-refractivity contribution in [2.45, 2.75) is 37.6 Å². The number of rotatable bonds is 3. The highest BCUT2D eigenvalue weighted by Gasteiger charge is 2.50. The first-order valence-corrected chi connectivity index (χ1v) is 7.48. The second-order valence-corrected chi connectivity index (χ2v) is 5.97. The Morgan fingerprint density at radius 3 is 2.50 bits per heavy atom. The molecule has 1 aliphatic heterocycles. The number of hydrogen-bond donors (Lipinski definition) is 1. The molecule has 2 unspecified atom stereocenters. The van der Waals surface area contributed by atoms with Crippen LogP contribution in [0, 0.1) is 17.6 Å². The fourth-order valence-electron chi connectivity index (χ4n) is 3.32. The molecule has 1 aliphatic carbocycles. The lowest BCUT2D eigenvalue weighted by molar-refractivity contribution is -0.152. The number of nitrogens with zero attached hydrogens (tertiary/aromatic N) is 1. The van der Waals surface area contributed by atoms with Crippen LogP contribution in [0.4, 0.5) is 8.78 Å². The number of piperidine rings is 1. The molecule has 0 bridgehead atoms. The van der Waals surface area contributed by atoms with Crippen LogP contribution in [-0.4, -0.2) is 34.5 Å². The van der Waals surface area contributed by atoms with Gasteiger partial charge in [-0.15, -0.1) is 0 Å². The first-order chi connectivity index (χ1) is 10.5. The zero-order chi connectivity index (χ0) is 15.9. The zero-order valence-electron chi connectivity index (χ0n) is 12.0. The maximum Gasteiger partial charge on any atom is 0.326 e. The van der Waals surface area contributed by atoms with Gasteiger partial charge in [-0.3, -0.25) is 4.79 Å². The molecule has 118 valence electrons. The quantitative estimate of drug-likeness (QED) is 0.933. The number of halogens is 2. The van der Waals surface area contributed by atoms with Gasteiger partial charge in [-0.1, -0.05) is 6.07 Å². The average molecular weight is 309 g/mol. The molecule has 0 aromatic heterocycles. The maximum atomic E-state index is 13.8. The Balaban J connectivity index is 1.76. The fraction of sp³-hybridized carbons (Fsp3) is 0.500. The molecule has 3 rings (SSSR count). The third-order valence-electron chi connectivity index (χ3n) is 4.55. The number of amides is 1. The Morgan fingerprint density at radius 1 is 1.18 bits per heavy atom. The van der Waals surface area contributed by atoms with E-state index in [0.29, 0.717) is 19.4 Å². The summed E-state index contributed by atoms with van der Waals surface area (Å²) < 4.78 is 27.5. The molecule has 1 saturated heterocycles. The summed E-state index contributed by atoms with van der Waals surface area (Å²) in [6.07, 6.45) is 2.35. The van der Waals surface area contributed by atoms with Crippen molar-refractivity contribution in [3.05, 3.63) is 35.4 Å². The van der Waals surface area contributed by atoms with Crippen LogP contribution in [0.2, 0.25) is 0 Å². The third-order valence-corrected chi connectivity index (χ3v) is 4.55. The molecule has 2 aliphatic rings. The van der Waals surface area contributed by atoms with Crippen LogP contribution in [-0.2, 0) is 9.59 Å². The van der Waals surface area contributed by atoms with E-state index in [9.17, 15) is 23.5 Å². The summed E-state index contributed by atoms with van der Waals surface area (Å²) in [5, 5.41) is 9.22. The summed E-state index contributed by atoms with van der Waals surface area (Å²) in [4.78, 5) is 25.1. The van der Waals surface area contributed by atoms with Crippen LogP contribution < -0.4 is 0 Å². The molecule has 1 saturated carbocycles.